The van der Waals surface area contributed by atoms with Crippen molar-refractivity contribution in [2.24, 2.45) is 4.99 Å². The summed E-state index contributed by atoms with van der Waals surface area (Å²) < 4.78 is 5.20. The third-order valence-corrected chi connectivity index (χ3v) is 2.82. The average Bonchev–Trinajstić information content (AvgIpc) is 2.73. The third-order valence-electron chi connectivity index (χ3n) is 2.82. The van der Waals surface area contributed by atoms with Crippen LogP contribution in [0.2, 0.25) is 0 Å². The number of hydrogen-bond acceptors (Lipinski definition) is 5. The maximum atomic E-state index is 11.8. The fourth-order valence-electron chi connectivity index (χ4n) is 1.80. The van der Waals surface area contributed by atoms with E-state index in [2.05, 4.69) is 10.3 Å². The van der Waals surface area contributed by atoms with E-state index < -0.39 is 0 Å². The van der Waals surface area contributed by atoms with Gasteiger partial charge in [-0.1, -0.05) is 0 Å². The van der Waals surface area contributed by atoms with Crippen LogP contribution in [0.3, 0.4) is 0 Å². The van der Waals surface area contributed by atoms with Crippen LogP contribution < -0.4 is 5.32 Å². The largest absolute Gasteiger partial charge is 0.378 e. The molecule has 2 rings (SSSR count). The van der Waals surface area contributed by atoms with Gasteiger partial charge in [-0.25, -0.2) is 0 Å². The van der Waals surface area contributed by atoms with Crippen LogP contribution in [0.5, 0.6) is 0 Å². The SMILES string of the molecule is CN1CCN=C1NCC(=O)N1CCOCC1.I. The molecule has 2 aliphatic heterocycles. The Bertz CT molecular complexity index is 292. The van der Waals surface area contributed by atoms with Crippen molar-refractivity contribution in [1.82, 2.24) is 15.1 Å². The van der Waals surface area contributed by atoms with E-state index in [9.17, 15) is 4.79 Å². The monoisotopic (exact) mass is 354 g/mol. The van der Waals surface area contributed by atoms with Gasteiger partial charge in [0.2, 0.25) is 5.91 Å². The number of nitrogens with zero attached hydrogens (tertiary/aromatic N) is 3. The van der Waals surface area contributed by atoms with E-state index in [-0.39, 0.29) is 29.9 Å². The smallest absolute Gasteiger partial charge is 0.242 e. The molecule has 0 radical (unpaired) electrons. The summed E-state index contributed by atoms with van der Waals surface area (Å²) in [6.07, 6.45) is 0. The van der Waals surface area contributed by atoms with Crippen LogP contribution in [0, 0.1) is 0 Å². The maximum absolute atomic E-state index is 11.8. The number of nitrogens with one attached hydrogen (secondary N) is 1. The second-order valence-electron chi connectivity index (χ2n) is 3.97. The summed E-state index contributed by atoms with van der Waals surface area (Å²) >= 11 is 0. The normalized spacial score (nSPS) is 19.7. The van der Waals surface area contributed by atoms with Gasteiger partial charge in [0.1, 0.15) is 0 Å². The quantitative estimate of drug-likeness (QED) is 0.670. The fraction of sp³-hybridized carbons (Fsp3) is 0.800. The molecule has 1 amide bonds. The van der Waals surface area contributed by atoms with Crippen LogP contribution in [0.25, 0.3) is 0 Å². The number of hydrogen-bond donors (Lipinski definition) is 1. The molecule has 2 aliphatic rings. The third kappa shape index (κ3) is 3.98. The molecule has 7 heteroatoms. The topological polar surface area (TPSA) is 57.2 Å². The zero-order valence-corrected chi connectivity index (χ0v) is 12.3. The highest BCUT2D eigenvalue weighted by Gasteiger charge is 2.18. The van der Waals surface area contributed by atoms with E-state index >= 15 is 0 Å². The van der Waals surface area contributed by atoms with Crippen molar-refractivity contribution in [1.29, 1.82) is 0 Å². The first kappa shape index (κ1) is 14.5. The zero-order valence-electron chi connectivity index (χ0n) is 10.0. The summed E-state index contributed by atoms with van der Waals surface area (Å²) in [5, 5.41) is 3.07. The van der Waals surface area contributed by atoms with Gasteiger partial charge in [0.15, 0.2) is 5.96 Å². The molecule has 17 heavy (non-hydrogen) atoms. The number of carbonyl (C=O) groups is 1. The predicted octanol–water partition coefficient (Wildman–Crippen LogP) is -0.646. The first-order valence-corrected chi connectivity index (χ1v) is 5.62. The van der Waals surface area contributed by atoms with E-state index in [1.54, 1.807) is 0 Å². The van der Waals surface area contributed by atoms with Crippen molar-refractivity contribution in [2.75, 3.05) is 53.0 Å². The Hall–Kier alpha value is -0.570. The van der Waals surface area contributed by atoms with Gasteiger partial charge in [0.05, 0.1) is 26.3 Å². The van der Waals surface area contributed by atoms with Gasteiger partial charge in [-0.15, -0.1) is 24.0 Å². The molecule has 98 valence electrons. The van der Waals surface area contributed by atoms with Crippen LogP contribution in [-0.4, -0.2) is 74.7 Å². The number of amides is 1. The molecule has 0 unspecified atom stereocenters. The Kier molecular flexibility index (Phi) is 5.96. The molecule has 1 fully saturated rings. The van der Waals surface area contributed by atoms with Crippen molar-refractivity contribution in [3.05, 3.63) is 0 Å². The van der Waals surface area contributed by atoms with E-state index in [0.29, 0.717) is 32.8 Å². The second-order valence-corrected chi connectivity index (χ2v) is 3.97. The summed E-state index contributed by atoms with van der Waals surface area (Å²) in [5.41, 5.74) is 0. The molecule has 0 spiro atoms. The lowest BCUT2D eigenvalue weighted by Crippen LogP contribution is -2.47. The predicted molar refractivity (Wildman–Crippen MR) is 75.7 cm³/mol. The minimum absolute atomic E-state index is 0. The highest BCUT2D eigenvalue weighted by atomic mass is 127. The molecule has 0 aromatic rings. The lowest BCUT2D eigenvalue weighted by atomic mass is 10.4. The molecule has 0 aliphatic carbocycles. The number of guanidine groups is 1. The Morgan fingerprint density at radius 1 is 1.41 bits per heavy atom. The zero-order chi connectivity index (χ0) is 11.4. The average molecular weight is 354 g/mol. The molecule has 0 aromatic carbocycles. The van der Waals surface area contributed by atoms with Crippen molar-refractivity contribution < 1.29 is 9.53 Å². The van der Waals surface area contributed by atoms with Crippen LogP contribution >= 0.6 is 24.0 Å². The van der Waals surface area contributed by atoms with Gasteiger partial charge >= 0.3 is 0 Å². The molecule has 1 saturated heterocycles. The first-order chi connectivity index (χ1) is 7.77. The standard InChI is InChI=1S/C10H18N4O2.HI/c1-13-3-2-11-10(13)12-8-9(15)14-4-6-16-7-5-14;/h2-8H2,1H3,(H,11,12);1H. The molecule has 0 aromatic heterocycles. The van der Waals surface area contributed by atoms with E-state index in [1.807, 2.05) is 16.8 Å². The van der Waals surface area contributed by atoms with Crippen LogP contribution in [-0.2, 0) is 9.53 Å². The number of likely N-dealkylation sites (N-methyl/N-ethyl adjacent to an activating group) is 1. The number of carbonyl (C=O) groups excluding carboxylic acids is 1. The molecule has 0 saturated carbocycles. The molecule has 0 atom stereocenters. The Balaban J connectivity index is 0.00000144. The Labute approximate surface area is 118 Å². The molecule has 1 N–H and O–H groups in total. The summed E-state index contributed by atoms with van der Waals surface area (Å²) in [7, 11) is 1.97. The Morgan fingerprint density at radius 3 is 2.71 bits per heavy atom. The van der Waals surface area contributed by atoms with E-state index in [0.717, 1.165) is 19.0 Å². The van der Waals surface area contributed by atoms with Crippen LogP contribution in [0.4, 0.5) is 0 Å². The minimum Gasteiger partial charge on any atom is -0.378 e. The van der Waals surface area contributed by atoms with Crippen molar-refractivity contribution in [3.63, 3.8) is 0 Å². The van der Waals surface area contributed by atoms with Gasteiger partial charge in [-0.2, -0.15) is 0 Å². The molecule has 2 heterocycles. The molecule has 6 nitrogen and oxygen atoms in total. The van der Waals surface area contributed by atoms with Crippen molar-refractivity contribution in [3.8, 4) is 0 Å². The van der Waals surface area contributed by atoms with Gasteiger partial charge in [-0.3, -0.25) is 9.79 Å². The van der Waals surface area contributed by atoms with Gasteiger partial charge in [0, 0.05) is 26.7 Å². The van der Waals surface area contributed by atoms with Crippen LogP contribution in [0.1, 0.15) is 0 Å². The number of morpholine rings is 1. The highest BCUT2D eigenvalue weighted by molar-refractivity contribution is 14.0. The summed E-state index contributed by atoms with van der Waals surface area (Å²) in [4.78, 5) is 19.9. The second kappa shape index (κ2) is 7.00. The van der Waals surface area contributed by atoms with E-state index in [4.69, 9.17) is 4.74 Å². The van der Waals surface area contributed by atoms with Gasteiger partial charge < -0.3 is 19.9 Å². The summed E-state index contributed by atoms with van der Waals surface area (Å²) in [6.45, 7) is 4.74. The highest BCUT2D eigenvalue weighted by Crippen LogP contribution is 1.98. The number of aliphatic imine (C=N–C) groups is 1. The van der Waals surface area contributed by atoms with Gasteiger partial charge in [-0.05, 0) is 0 Å². The van der Waals surface area contributed by atoms with Gasteiger partial charge in [0.25, 0.3) is 0 Å². The Morgan fingerprint density at radius 2 is 2.12 bits per heavy atom. The summed E-state index contributed by atoms with van der Waals surface area (Å²) in [6, 6.07) is 0. The lowest BCUT2D eigenvalue weighted by Gasteiger charge is -2.27. The first-order valence-electron chi connectivity index (χ1n) is 5.62. The molecule has 0 bridgehead atoms. The number of rotatable bonds is 2. The lowest BCUT2D eigenvalue weighted by molar-refractivity contribution is -0.134. The van der Waals surface area contributed by atoms with Crippen molar-refractivity contribution in [2.45, 2.75) is 0 Å². The summed E-state index contributed by atoms with van der Waals surface area (Å²) in [5.74, 6) is 0.938. The molecular formula is C10H19IN4O2. The number of ether oxygens (including phenoxy) is 1. The minimum atomic E-state index is 0. The fourth-order valence-corrected chi connectivity index (χ4v) is 1.80. The van der Waals surface area contributed by atoms with Crippen molar-refractivity contribution >= 4 is 35.8 Å². The number of halogens is 1. The molecular weight excluding hydrogens is 335 g/mol. The van der Waals surface area contributed by atoms with E-state index in [1.165, 1.54) is 0 Å². The maximum Gasteiger partial charge on any atom is 0.242 e. The van der Waals surface area contributed by atoms with Crippen LogP contribution in [0.15, 0.2) is 4.99 Å².